The van der Waals surface area contributed by atoms with Crippen molar-refractivity contribution in [3.8, 4) is 0 Å². The van der Waals surface area contributed by atoms with Crippen LogP contribution in [0.25, 0.3) is 0 Å². The Morgan fingerprint density at radius 3 is 2.52 bits per heavy atom. The van der Waals surface area contributed by atoms with Crippen molar-refractivity contribution < 1.29 is 19.1 Å². The van der Waals surface area contributed by atoms with E-state index in [1.54, 1.807) is 21.1 Å². The number of Topliss-reactive ketones (excluding diaryl/α,β-unsaturated/α-hetero) is 1. The minimum atomic E-state index is -0.240. The largest absolute Gasteiger partial charge is 0.384 e. The number of likely N-dealkylation sites (N-methyl/N-ethyl adjacent to an activating group) is 1. The highest BCUT2D eigenvalue weighted by Crippen LogP contribution is 2.33. The van der Waals surface area contributed by atoms with Crippen LogP contribution in [0.2, 0.25) is 0 Å². The summed E-state index contributed by atoms with van der Waals surface area (Å²) in [7, 11) is 3.43. The second-order valence-electron chi connectivity index (χ2n) is 7.56. The van der Waals surface area contributed by atoms with Gasteiger partial charge >= 0.3 is 0 Å². The number of nitrogens with one attached hydrogen (secondary N) is 1. The molecule has 1 aliphatic heterocycles. The number of carbonyl (C=O) groups excluding carboxylic acids is 2. The van der Waals surface area contributed by atoms with Crippen LogP contribution >= 0.6 is 0 Å². The number of nitrogens with zero attached hydrogens (tertiary/aromatic N) is 1. The van der Waals surface area contributed by atoms with Gasteiger partial charge in [0.25, 0.3) is 0 Å². The van der Waals surface area contributed by atoms with Gasteiger partial charge < -0.3 is 19.7 Å². The van der Waals surface area contributed by atoms with E-state index in [-0.39, 0.29) is 28.7 Å². The summed E-state index contributed by atoms with van der Waals surface area (Å²) in [6, 6.07) is -0.240. The lowest BCUT2D eigenvalue weighted by Gasteiger charge is -2.24. The molecule has 1 aliphatic rings. The lowest BCUT2D eigenvalue weighted by Crippen LogP contribution is -2.34. The third-order valence-electron chi connectivity index (χ3n) is 4.27. The Morgan fingerprint density at radius 2 is 2.00 bits per heavy atom. The SMILES string of the molecule is CN[C@H](CCC(=O)N1CC1(C)COCC(C)(C)COC)C(C)=O. The summed E-state index contributed by atoms with van der Waals surface area (Å²) >= 11 is 0. The second kappa shape index (κ2) is 8.22. The fourth-order valence-electron chi connectivity index (χ4n) is 2.75. The maximum Gasteiger partial charge on any atom is 0.223 e. The van der Waals surface area contributed by atoms with Crippen molar-refractivity contribution in [1.29, 1.82) is 0 Å². The number of hydrogen-bond donors (Lipinski definition) is 1. The summed E-state index contributed by atoms with van der Waals surface area (Å²) in [5.41, 5.74) is -0.234. The lowest BCUT2D eigenvalue weighted by atomic mass is 9.96. The Bertz CT molecular complexity index is 425. The predicted octanol–water partition coefficient (Wildman–Crippen LogP) is 1.23. The molecule has 1 unspecified atom stereocenters. The van der Waals surface area contributed by atoms with Gasteiger partial charge in [-0.2, -0.15) is 0 Å². The van der Waals surface area contributed by atoms with Gasteiger partial charge in [0.05, 0.1) is 31.4 Å². The molecule has 0 radical (unpaired) electrons. The van der Waals surface area contributed by atoms with Gasteiger partial charge in [0, 0.05) is 25.5 Å². The van der Waals surface area contributed by atoms with Crippen molar-refractivity contribution in [2.75, 3.05) is 40.5 Å². The van der Waals surface area contributed by atoms with Gasteiger partial charge in [-0.3, -0.25) is 9.59 Å². The van der Waals surface area contributed by atoms with Crippen molar-refractivity contribution >= 4 is 11.7 Å². The highest BCUT2D eigenvalue weighted by molar-refractivity contribution is 5.84. The molecule has 0 aliphatic carbocycles. The molecule has 0 aromatic heterocycles. The van der Waals surface area contributed by atoms with Crippen molar-refractivity contribution in [2.45, 2.75) is 52.1 Å². The third kappa shape index (κ3) is 6.20. The zero-order chi connectivity index (χ0) is 17.7. The van der Waals surface area contributed by atoms with Crippen molar-refractivity contribution in [1.82, 2.24) is 10.2 Å². The molecule has 134 valence electrons. The molecule has 6 nitrogen and oxygen atoms in total. The van der Waals surface area contributed by atoms with Crippen LogP contribution in [0.1, 0.15) is 40.5 Å². The summed E-state index contributed by atoms with van der Waals surface area (Å²) in [5.74, 6) is 0.159. The van der Waals surface area contributed by atoms with Gasteiger partial charge in [0.1, 0.15) is 5.78 Å². The first kappa shape index (κ1) is 20.1. The smallest absolute Gasteiger partial charge is 0.223 e. The van der Waals surface area contributed by atoms with Gasteiger partial charge in [-0.15, -0.1) is 0 Å². The molecule has 6 heteroatoms. The number of carbonyl (C=O) groups is 2. The summed E-state index contributed by atoms with van der Waals surface area (Å²) in [5, 5.41) is 2.94. The predicted molar refractivity (Wildman–Crippen MR) is 89.4 cm³/mol. The van der Waals surface area contributed by atoms with Gasteiger partial charge in [0.2, 0.25) is 5.91 Å². The fourth-order valence-corrected chi connectivity index (χ4v) is 2.75. The minimum Gasteiger partial charge on any atom is -0.384 e. The highest BCUT2D eigenvalue weighted by Gasteiger charge is 2.50. The maximum absolute atomic E-state index is 12.2. The molecule has 1 rings (SSSR count). The molecule has 1 saturated heterocycles. The van der Waals surface area contributed by atoms with Gasteiger partial charge in [0.15, 0.2) is 0 Å². The van der Waals surface area contributed by atoms with E-state index in [2.05, 4.69) is 19.2 Å². The Labute approximate surface area is 139 Å². The number of ketones is 1. The van der Waals surface area contributed by atoms with E-state index in [1.165, 1.54) is 0 Å². The maximum atomic E-state index is 12.2. The minimum absolute atomic E-state index is 0.0314. The normalized spacial score (nSPS) is 22.1. The van der Waals surface area contributed by atoms with E-state index in [9.17, 15) is 9.59 Å². The van der Waals surface area contributed by atoms with Crippen LogP contribution < -0.4 is 5.32 Å². The van der Waals surface area contributed by atoms with Gasteiger partial charge in [-0.05, 0) is 27.3 Å². The van der Waals surface area contributed by atoms with Crippen LogP contribution in [0.5, 0.6) is 0 Å². The number of rotatable bonds is 11. The lowest BCUT2D eigenvalue weighted by molar-refractivity contribution is -0.128. The Morgan fingerprint density at radius 1 is 1.35 bits per heavy atom. The molecule has 0 saturated carbocycles. The number of amides is 1. The Hall–Kier alpha value is -0.980. The Balaban J connectivity index is 2.33. The summed E-state index contributed by atoms with van der Waals surface area (Å²) in [6.07, 6.45) is 0.925. The molecule has 0 bridgehead atoms. The average Bonchev–Trinajstić information content (AvgIpc) is 3.10. The Kier molecular flexibility index (Phi) is 7.17. The van der Waals surface area contributed by atoms with E-state index >= 15 is 0 Å². The topological polar surface area (TPSA) is 67.6 Å². The van der Waals surface area contributed by atoms with E-state index < -0.39 is 0 Å². The molecule has 2 atom stereocenters. The first-order chi connectivity index (χ1) is 10.6. The molecule has 0 aromatic rings. The number of ether oxygens (including phenoxy) is 2. The molecule has 1 fully saturated rings. The van der Waals surface area contributed by atoms with Crippen LogP contribution in [0.3, 0.4) is 0 Å². The van der Waals surface area contributed by atoms with E-state index in [0.29, 0.717) is 32.7 Å². The second-order valence-corrected chi connectivity index (χ2v) is 7.56. The van der Waals surface area contributed by atoms with Gasteiger partial charge in [-0.25, -0.2) is 0 Å². The first-order valence-corrected chi connectivity index (χ1v) is 8.20. The molecule has 1 N–H and O–H groups in total. The van der Waals surface area contributed by atoms with Crippen LogP contribution in [-0.2, 0) is 19.1 Å². The summed E-state index contributed by atoms with van der Waals surface area (Å²) < 4.78 is 11.0. The van der Waals surface area contributed by atoms with E-state index in [4.69, 9.17) is 9.47 Å². The van der Waals surface area contributed by atoms with Crippen molar-refractivity contribution in [3.05, 3.63) is 0 Å². The van der Waals surface area contributed by atoms with Gasteiger partial charge in [-0.1, -0.05) is 13.8 Å². The van der Waals surface area contributed by atoms with E-state index in [1.807, 2.05) is 11.8 Å². The standard InChI is InChI=1S/C17H32N2O4/c1-13(20)14(18-5)7-8-15(21)19-9-17(19,4)12-23-11-16(2,3)10-22-6/h14,18H,7-12H2,1-6H3/t14-,17?,19?/m1/s1. The summed E-state index contributed by atoms with van der Waals surface area (Å²) in [6.45, 7) is 10.3. The highest BCUT2D eigenvalue weighted by atomic mass is 16.5. The van der Waals surface area contributed by atoms with E-state index in [0.717, 1.165) is 6.54 Å². The zero-order valence-corrected chi connectivity index (χ0v) is 15.4. The van der Waals surface area contributed by atoms with Crippen molar-refractivity contribution in [3.63, 3.8) is 0 Å². The molecule has 23 heavy (non-hydrogen) atoms. The van der Waals surface area contributed by atoms with Crippen LogP contribution in [0, 0.1) is 5.41 Å². The molecular weight excluding hydrogens is 296 g/mol. The molecule has 1 heterocycles. The number of methoxy groups -OCH3 is 1. The zero-order valence-electron chi connectivity index (χ0n) is 15.4. The third-order valence-corrected chi connectivity index (χ3v) is 4.27. The van der Waals surface area contributed by atoms with Crippen LogP contribution in [0.15, 0.2) is 0 Å². The monoisotopic (exact) mass is 328 g/mol. The van der Waals surface area contributed by atoms with Crippen LogP contribution in [0.4, 0.5) is 0 Å². The quantitative estimate of drug-likeness (QED) is 0.578. The molecule has 0 spiro atoms. The molecule has 1 amide bonds. The first-order valence-electron chi connectivity index (χ1n) is 8.20. The summed E-state index contributed by atoms with van der Waals surface area (Å²) in [4.78, 5) is 25.4. The van der Waals surface area contributed by atoms with Crippen LogP contribution in [-0.4, -0.2) is 68.7 Å². The average molecular weight is 328 g/mol. The fraction of sp³-hybridized carbons (Fsp3) is 0.882. The van der Waals surface area contributed by atoms with Crippen molar-refractivity contribution in [2.24, 2.45) is 5.41 Å². The number of hydrogen-bond acceptors (Lipinski definition) is 5. The molecular formula is C17H32N2O4. The molecule has 0 aromatic carbocycles.